The standard InChI is InChI=1S/C33H40N2O4S2/c1-23-9-7-8-12-28(23)30-17-25(13-14-29(30)32(36)34-31(33(37)38)15-16-40-3)19-35-20-27(18-26(35)21-39-2)41-22-24-10-5-4-6-11-24/h4-14,17,26-27,31H,15-16,18-22H2,1-3H3,(H,34,36)(H,37,38)/t26-,27?,31?/m0/s1. The fraction of sp³-hybridized carbons (Fsp3) is 0.394. The molecule has 0 spiro atoms. The van der Waals surface area contributed by atoms with Crippen LogP contribution < -0.4 is 5.32 Å². The number of likely N-dealkylation sites (tertiary alicyclic amines) is 1. The van der Waals surface area contributed by atoms with Crippen molar-refractivity contribution in [2.24, 2.45) is 0 Å². The first kappa shape index (κ1) is 31.2. The number of carboxylic acids is 1. The van der Waals surface area contributed by atoms with Crippen LogP contribution in [0.1, 0.15) is 39.9 Å². The van der Waals surface area contributed by atoms with Gasteiger partial charge in [0.2, 0.25) is 0 Å². The number of thioether (sulfide) groups is 2. The minimum atomic E-state index is -1.01. The third-order valence-electron chi connectivity index (χ3n) is 7.54. The van der Waals surface area contributed by atoms with Gasteiger partial charge in [0.25, 0.3) is 5.91 Å². The van der Waals surface area contributed by atoms with Gasteiger partial charge in [-0.3, -0.25) is 9.69 Å². The molecule has 1 aliphatic heterocycles. The molecule has 1 fully saturated rings. The Morgan fingerprint density at radius 1 is 1.05 bits per heavy atom. The molecule has 1 saturated heterocycles. The number of methoxy groups -OCH3 is 1. The predicted molar refractivity (Wildman–Crippen MR) is 171 cm³/mol. The van der Waals surface area contributed by atoms with E-state index in [4.69, 9.17) is 4.74 Å². The van der Waals surface area contributed by atoms with E-state index in [1.54, 1.807) is 18.9 Å². The second-order valence-corrected chi connectivity index (χ2v) is 12.8. The second-order valence-electron chi connectivity index (χ2n) is 10.5. The van der Waals surface area contributed by atoms with Crippen LogP contribution in [0.15, 0.2) is 72.8 Å². The molecule has 0 aromatic heterocycles. The highest BCUT2D eigenvalue weighted by Crippen LogP contribution is 2.33. The highest BCUT2D eigenvalue weighted by molar-refractivity contribution is 7.99. The second kappa shape index (κ2) is 15.4. The van der Waals surface area contributed by atoms with Crippen molar-refractivity contribution in [2.45, 2.75) is 49.4 Å². The van der Waals surface area contributed by atoms with E-state index in [9.17, 15) is 14.7 Å². The van der Waals surface area contributed by atoms with E-state index in [-0.39, 0.29) is 5.91 Å². The minimum Gasteiger partial charge on any atom is -0.480 e. The number of amides is 1. The molecule has 0 bridgehead atoms. The summed E-state index contributed by atoms with van der Waals surface area (Å²) in [6.45, 7) is 4.44. The average Bonchev–Trinajstić information content (AvgIpc) is 3.35. The van der Waals surface area contributed by atoms with Crippen molar-refractivity contribution in [1.82, 2.24) is 10.2 Å². The van der Waals surface area contributed by atoms with Gasteiger partial charge in [0.15, 0.2) is 0 Å². The fourth-order valence-corrected chi connectivity index (χ4v) is 7.10. The van der Waals surface area contributed by atoms with E-state index in [1.165, 1.54) is 5.56 Å². The molecule has 3 aromatic carbocycles. The first-order chi connectivity index (χ1) is 19.9. The third kappa shape index (κ3) is 8.61. The maximum atomic E-state index is 13.4. The molecule has 3 aromatic rings. The van der Waals surface area contributed by atoms with Crippen LogP contribution in [0, 0.1) is 6.92 Å². The van der Waals surface area contributed by atoms with Crippen molar-refractivity contribution in [1.29, 1.82) is 0 Å². The summed E-state index contributed by atoms with van der Waals surface area (Å²) in [5.41, 5.74) is 5.81. The Morgan fingerprint density at radius 3 is 2.51 bits per heavy atom. The molecular formula is C33H40N2O4S2. The summed E-state index contributed by atoms with van der Waals surface area (Å²) >= 11 is 3.57. The van der Waals surface area contributed by atoms with Gasteiger partial charge in [0.05, 0.1) is 6.61 Å². The number of carbonyl (C=O) groups excluding carboxylic acids is 1. The van der Waals surface area contributed by atoms with Gasteiger partial charge in [-0.15, -0.1) is 0 Å². The number of nitrogens with zero attached hydrogens (tertiary/aromatic N) is 1. The number of hydrogen-bond acceptors (Lipinski definition) is 6. The zero-order valence-corrected chi connectivity index (χ0v) is 25.7. The van der Waals surface area contributed by atoms with Crippen LogP contribution in [-0.2, 0) is 21.8 Å². The van der Waals surface area contributed by atoms with Gasteiger partial charge in [-0.25, -0.2) is 4.79 Å². The summed E-state index contributed by atoms with van der Waals surface area (Å²) in [5, 5.41) is 13.0. The Hall–Kier alpha value is -2.78. The van der Waals surface area contributed by atoms with E-state index in [0.717, 1.165) is 47.5 Å². The number of rotatable bonds is 14. The van der Waals surface area contributed by atoms with Crippen LogP contribution in [0.25, 0.3) is 11.1 Å². The fourth-order valence-electron chi connectivity index (χ4n) is 5.36. The zero-order valence-electron chi connectivity index (χ0n) is 24.0. The van der Waals surface area contributed by atoms with Crippen molar-refractivity contribution in [2.75, 3.05) is 32.3 Å². The highest BCUT2D eigenvalue weighted by atomic mass is 32.2. The molecule has 0 saturated carbocycles. The Kier molecular flexibility index (Phi) is 11.7. The molecule has 6 nitrogen and oxygen atoms in total. The lowest BCUT2D eigenvalue weighted by Gasteiger charge is -2.24. The molecule has 218 valence electrons. The predicted octanol–water partition coefficient (Wildman–Crippen LogP) is 6.12. The summed E-state index contributed by atoms with van der Waals surface area (Å²) in [6, 6.07) is 24.0. The zero-order chi connectivity index (χ0) is 29.2. The third-order valence-corrected chi connectivity index (χ3v) is 9.50. The first-order valence-corrected chi connectivity index (χ1v) is 16.4. The lowest BCUT2D eigenvalue weighted by molar-refractivity contribution is -0.139. The molecular weight excluding hydrogens is 553 g/mol. The van der Waals surface area contributed by atoms with E-state index < -0.39 is 12.0 Å². The summed E-state index contributed by atoms with van der Waals surface area (Å²) in [4.78, 5) is 27.8. The molecule has 0 radical (unpaired) electrons. The van der Waals surface area contributed by atoms with Gasteiger partial charge in [-0.1, -0.05) is 60.7 Å². The lowest BCUT2D eigenvalue weighted by Crippen LogP contribution is -2.41. The number of hydrogen-bond donors (Lipinski definition) is 2. The van der Waals surface area contributed by atoms with Crippen molar-refractivity contribution in [3.8, 4) is 11.1 Å². The molecule has 4 rings (SSSR count). The number of carboxylic acid groups (broad SMARTS) is 1. The number of aliphatic carboxylic acids is 1. The first-order valence-electron chi connectivity index (χ1n) is 14.0. The number of ether oxygens (including phenoxy) is 1. The molecule has 3 atom stereocenters. The highest BCUT2D eigenvalue weighted by Gasteiger charge is 2.32. The number of benzene rings is 3. The van der Waals surface area contributed by atoms with Gasteiger partial charge in [-0.2, -0.15) is 23.5 Å². The number of aryl methyl sites for hydroxylation is 1. The van der Waals surface area contributed by atoms with E-state index in [2.05, 4.69) is 46.6 Å². The van der Waals surface area contributed by atoms with E-state index >= 15 is 0 Å². The Labute approximate surface area is 252 Å². The monoisotopic (exact) mass is 592 g/mol. The van der Waals surface area contributed by atoms with Crippen molar-refractivity contribution in [3.05, 3.63) is 95.1 Å². The maximum absolute atomic E-state index is 13.4. The number of nitrogens with one attached hydrogen (secondary N) is 1. The summed E-state index contributed by atoms with van der Waals surface area (Å²) < 4.78 is 5.60. The SMILES string of the molecule is COC[C@@H]1CC(SCc2ccccc2)CN1Cc1ccc(C(=O)NC(CCSC)C(=O)O)c(-c2ccccc2C)c1. The van der Waals surface area contributed by atoms with Crippen LogP contribution in [0.3, 0.4) is 0 Å². The molecule has 1 amide bonds. The average molecular weight is 593 g/mol. The Balaban J connectivity index is 1.56. The number of carbonyl (C=O) groups is 2. The van der Waals surface area contributed by atoms with Gasteiger partial charge < -0.3 is 15.2 Å². The van der Waals surface area contributed by atoms with Gasteiger partial charge in [-0.05, 0) is 71.7 Å². The van der Waals surface area contributed by atoms with Crippen molar-refractivity contribution >= 4 is 35.4 Å². The van der Waals surface area contributed by atoms with Crippen LogP contribution in [0.2, 0.25) is 0 Å². The largest absolute Gasteiger partial charge is 0.480 e. The lowest BCUT2D eigenvalue weighted by atomic mass is 9.93. The quantitative estimate of drug-likeness (QED) is 0.234. The smallest absolute Gasteiger partial charge is 0.326 e. The molecule has 8 heteroatoms. The molecule has 2 unspecified atom stereocenters. The van der Waals surface area contributed by atoms with Gasteiger partial charge in [0, 0.05) is 42.8 Å². The Morgan fingerprint density at radius 2 is 1.80 bits per heavy atom. The van der Waals surface area contributed by atoms with Crippen LogP contribution in [0.4, 0.5) is 0 Å². The van der Waals surface area contributed by atoms with Crippen LogP contribution in [0.5, 0.6) is 0 Å². The summed E-state index contributed by atoms with van der Waals surface area (Å²) in [6.07, 6.45) is 3.37. The van der Waals surface area contributed by atoms with Gasteiger partial charge >= 0.3 is 5.97 Å². The maximum Gasteiger partial charge on any atom is 0.326 e. The molecule has 41 heavy (non-hydrogen) atoms. The van der Waals surface area contributed by atoms with E-state index in [0.29, 0.717) is 35.6 Å². The molecule has 1 aliphatic rings. The summed E-state index contributed by atoms with van der Waals surface area (Å²) in [5.74, 6) is 0.275. The minimum absolute atomic E-state index is 0.325. The normalized spacial score (nSPS) is 17.8. The Bertz CT molecular complexity index is 1300. The van der Waals surface area contributed by atoms with Crippen molar-refractivity contribution < 1.29 is 19.4 Å². The topological polar surface area (TPSA) is 78.9 Å². The van der Waals surface area contributed by atoms with E-state index in [1.807, 2.05) is 61.3 Å². The van der Waals surface area contributed by atoms with Crippen LogP contribution >= 0.6 is 23.5 Å². The van der Waals surface area contributed by atoms with Crippen molar-refractivity contribution in [3.63, 3.8) is 0 Å². The van der Waals surface area contributed by atoms with Crippen LogP contribution in [-0.4, -0.2) is 71.5 Å². The molecule has 2 N–H and O–H groups in total. The summed E-state index contributed by atoms with van der Waals surface area (Å²) in [7, 11) is 1.76. The van der Waals surface area contributed by atoms with Gasteiger partial charge in [0.1, 0.15) is 6.04 Å². The molecule has 0 aliphatic carbocycles. The molecule has 1 heterocycles.